The fourth-order valence-corrected chi connectivity index (χ4v) is 144. The molecule has 0 heterocycles. The Labute approximate surface area is 156 Å². The Morgan fingerprint density at radius 1 is 0.435 bits per heavy atom. The predicted molar refractivity (Wildman–Crippen MR) is 126 cm³/mol. The summed E-state index contributed by atoms with van der Waals surface area (Å²) < 4.78 is 0. The van der Waals surface area contributed by atoms with Gasteiger partial charge in [-0.1, -0.05) is 0 Å². The molecule has 0 aromatic heterocycles. The Hall–Kier alpha value is 2.20. The van der Waals surface area contributed by atoms with E-state index >= 15 is 0 Å². The van der Waals surface area contributed by atoms with E-state index in [1.165, 1.54) is 55.5 Å². The third-order valence-electron chi connectivity index (χ3n) is 7.02. The molecule has 0 atom stereocenters. The van der Waals surface area contributed by atoms with Crippen molar-refractivity contribution in [3.05, 3.63) is 0 Å². The molecule has 0 bridgehead atoms. The molecule has 0 aliphatic heterocycles. The van der Waals surface area contributed by atoms with Gasteiger partial charge in [-0.25, -0.2) is 0 Å². The second-order valence-corrected chi connectivity index (χ2v) is 58.5. The van der Waals surface area contributed by atoms with Gasteiger partial charge < -0.3 is 0 Å². The minimum atomic E-state index is -2.00. The van der Waals surface area contributed by atoms with Crippen LogP contribution < -0.4 is 0 Å². The third-order valence-corrected chi connectivity index (χ3v) is 110. The summed E-state index contributed by atoms with van der Waals surface area (Å²) >= 11 is -2.00. The van der Waals surface area contributed by atoms with Crippen molar-refractivity contribution in [2.24, 2.45) is 0 Å². The summed E-state index contributed by atoms with van der Waals surface area (Å²) in [7, 11) is 8.35. The maximum absolute atomic E-state index is 8.35. The normalized spacial score (nSPS) is 19.9. The van der Waals surface area contributed by atoms with E-state index in [4.69, 9.17) is 9.69 Å². The molecule has 0 aromatic carbocycles. The molecular weight excluding hydrogens is 447 g/mol. The summed E-state index contributed by atoms with van der Waals surface area (Å²) in [6, 6.07) is 0. The molecular formula is C18H48ClP3Rh. The first-order valence-electron chi connectivity index (χ1n) is 10.2. The molecule has 5 heteroatoms. The first-order valence-corrected chi connectivity index (χ1v) is 27.0. The Morgan fingerprint density at radius 2 is 0.565 bits per heavy atom. The second-order valence-electron chi connectivity index (χ2n) is 6.93. The monoisotopic (exact) mass is 495 g/mol. The van der Waals surface area contributed by atoms with Gasteiger partial charge in [0.1, 0.15) is 0 Å². The number of hydrogen-bond acceptors (Lipinski definition) is 0. The van der Waals surface area contributed by atoms with Crippen molar-refractivity contribution in [3.63, 3.8) is 0 Å². The molecule has 0 aromatic rings. The van der Waals surface area contributed by atoms with Gasteiger partial charge in [-0.2, -0.15) is 0 Å². The summed E-state index contributed by atoms with van der Waals surface area (Å²) in [4.78, 5) is 0. The van der Waals surface area contributed by atoms with E-state index in [9.17, 15) is 0 Å². The molecule has 0 nitrogen and oxygen atoms in total. The van der Waals surface area contributed by atoms with Crippen LogP contribution in [-0.4, -0.2) is 55.5 Å². The van der Waals surface area contributed by atoms with Crippen LogP contribution in [0.1, 0.15) is 62.3 Å². The molecule has 23 heavy (non-hydrogen) atoms. The summed E-state index contributed by atoms with van der Waals surface area (Å²) in [5.74, 6) is 0. The summed E-state index contributed by atoms with van der Waals surface area (Å²) in [6.07, 6.45) is 13.2. The van der Waals surface area contributed by atoms with Gasteiger partial charge in [-0.05, 0) is 0 Å². The standard InChI is InChI=1S/3C6H15P.ClH.Rh/c3*1-4-7(5-2)6-3;;/h3*4-6H2,1-3H3;1H;/q;;;;-2/p+2. The number of hydrogen-bond donors (Lipinski definition) is 0. The van der Waals surface area contributed by atoms with Crippen LogP contribution in [0.5, 0.6) is 0 Å². The molecule has 0 aliphatic rings. The molecule has 0 unspecified atom stereocenters. The Bertz CT molecular complexity index is 262. The zero-order valence-electron chi connectivity index (χ0n) is 17.6. The van der Waals surface area contributed by atoms with Crippen LogP contribution in [0.2, 0.25) is 0 Å². The Balaban J connectivity index is 6.86. The van der Waals surface area contributed by atoms with Gasteiger partial charge in [0.2, 0.25) is 0 Å². The first kappa shape index (κ1) is 25.2. The molecule has 0 saturated heterocycles. The van der Waals surface area contributed by atoms with Gasteiger partial charge in [0.15, 0.2) is 0 Å². The van der Waals surface area contributed by atoms with E-state index in [-0.39, 0.29) is 0 Å². The van der Waals surface area contributed by atoms with Crippen LogP contribution >= 0.6 is 26.5 Å². The topological polar surface area (TPSA) is 0 Å². The minimum absolute atomic E-state index is 1.32. The molecule has 0 spiro atoms. The van der Waals surface area contributed by atoms with E-state index in [0.717, 1.165) is 0 Å². The van der Waals surface area contributed by atoms with Gasteiger partial charge in [-0.15, -0.1) is 0 Å². The third kappa shape index (κ3) is 3.78. The second kappa shape index (κ2) is 10.5. The zero-order chi connectivity index (χ0) is 18.4. The molecule has 0 amide bonds. The average Bonchev–Trinajstić information content (AvgIpc) is 2.61. The molecule has 0 aliphatic carbocycles. The predicted octanol–water partition coefficient (Wildman–Crippen LogP) is 7.47. The van der Waals surface area contributed by atoms with Crippen molar-refractivity contribution in [1.82, 2.24) is 0 Å². The molecule has 151 valence electrons. The van der Waals surface area contributed by atoms with Crippen LogP contribution in [0.4, 0.5) is 0 Å². The van der Waals surface area contributed by atoms with Crippen molar-refractivity contribution >= 4 is 26.5 Å². The van der Waals surface area contributed by atoms with E-state index in [1.54, 1.807) is 0 Å². The fraction of sp³-hybridized carbons (Fsp3) is 1.00. The van der Waals surface area contributed by atoms with Crippen molar-refractivity contribution in [3.8, 4) is 0 Å². The molecule has 0 radical (unpaired) electrons. The van der Waals surface area contributed by atoms with Crippen LogP contribution in [0, 0.1) is 0 Å². The molecule has 0 rings (SSSR count). The van der Waals surface area contributed by atoms with E-state index in [2.05, 4.69) is 62.3 Å². The Kier molecular flexibility index (Phi) is 11.5. The summed E-state index contributed by atoms with van der Waals surface area (Å²) in [5.41, 5.74) is -3.96. The zero-order valence-corrected chi connectivity index (χ0v) is 23.0. The van der Waals surface area contributed by atoms with Crippen molar-refractivity contribution in [2.75, 3.05) is 55.5 Å². The molecule has 0 saturated carbocycles. The van der Waals surface area contributed by atoms with Crippen molar-refractivity contribution in [1.29, 1.82) is 0 Å². The van der Waals surface area contributed by atoms with Crippen molar-refractivity contribution in [2.45, 2.75) is 62.3 Å². The quantitative estimate of drug-likeness (QED) is 0.195. The summed E-state index contributed by atoms with van der Waals surface area (Å²) in [6.45, 7) is 22.7. The maximum atomic E-state index is 8.35. The molecule has 0 fully saturated rings. The fourth-order valence-electron chi connectivity index (χ4n) is 4.84. The van der Waals surface area contributed by atoms with Gasteiger partial charge in [0.25, 0.3) is 0 Å². The van der Waals surface area contributed by atoms with Gasteiger partial charge in [0, 0.05) is 0 Å². The number of halogens is 1. The SMILES string of the molecule is CC[PH](CC)(CC)[Rh]([Cl])([PH](CC)(CC)CC)[PH](CC)(CC)CC. The Morgan fingerprint density at radius 3 is 0.652 bits per heavy atom. The van der Waals surface area contributed by atoms with E-state index in [0.29, 0.717) is 0 Å². The van der Waals surface area contributed by atoms with Crippen LogP contribution in [-0.2, 0) is 12.3 Å². The van der Waals surface area contributed by atoms with Crippen LogP contribution in [0.15, 0.2) is 0 Å². The van der Waals surface area contributed by atoms with Crippen molar-refractivity contribution < 1.29 is 12.3 Å². The first-order chi connectivity index (χ1) is 10.8. The average molecular weight is 496 g/mol. The van der Waals surface area contributed by atoms with Crippen LogP contribution in [0.3, 0.4) is 0 Å². The van der Waals surface area contributed by atoms with E-state index in [1.807, 2.05) is 0 Å². The van der Waals surface area contributed by atoms with Gasteiger partial charge in [-0.3, -0.25) is 0 Å². The molecule has 0 N–H and O–H groups in total. The van der Waals surface area contributed by atoms with Gasteiger partial charge in [0.05, 0.1) is 0 Å². The van der Waals surface area contributed by atoms with Crippen LogP contribution in [0.25, 0.3) is 0 Å². The summed E-state index contributed by atoms with van der Waals surface area (Å²) in [5, 5.41) is 0. The van der Waals surface area contributed by atoms with E-state index < -0.39 is 29.1 Å². The number of rotatable bonds is 12. The van der Waals surface area contributed by atoms with Gasteiger partial charge >= 0.3 is 157 Å².